The molecule has 0 aliphatic carbocycles. The maximum Gasteiger partial charge on any atom is 0.318 e. The lowest BCUT2D eigenvalue weighted by Crippen LogP contribution is -2.38. The summed E-state index contributed by atoms with van der Waals surface area (Å²) in [6, 6.07) is 0. The summed E-state index contributed by atoms with van der Waals surface area (Å²) < 4.78 is 10.4. The highest BCUT2D eigenvalue weighted by atomic mass is 127. The number of hydrogen-bond donors (Lipinski definition) is 0. The Morgan fingerprint density at radius 1 is 1.53 bits per heavy atom. The Labute approximate surface area is 104 Å². The molecule has 0 aromatic rings. The van der Waals surface area contributed by atoms with Gasteiger partial charge in [-0.1, -0.05) is 29.5 Å². The zero-order chi connectivity index (χ0) is 11.1. The molecule has 0 bridgehead atoms. The van der Waals surface area contributed by atoms with Gasteiger partial charge in [-0.2, -0.15) is 0 Å². The summed E-state index contributed by atoms with van der Waals surface area (Å²) in [6.45, 7) is 6.77. The predicted octanol–water partition coefficient (Wildman–Crippen LogP) is 1.08. The molecule has 1 saturated heterocycles. The molecule has 0 amide bonds. The summed E-state index contributed by atoms with van der Waals surface area (Å²) in [4.78, 5) is 13.6. The van der Waals surface area contributed by atoms with Crippen molar-refractivity contribution in [2.75, 3.05) is 39.5 Å². The van der Waals surface area contributed by atoms with Gasteiger partial charge in [0.25, 0.3) is 0 Å². The van der Waals surface area contributed by atoms with E-state index in [1.54, 1.807) is 0 Å². The van der Waals surface area contributed by atoms with Crippen molar-refractivity contribution in [2.45, 2.75) is 17.3 Å². The molecule has 88 valence electrons. The Hall–Kier alpha value is 0.120. The van der Waals surface area contributed by atoms with Gasteiger partial charge in [-0.25, -0.2) is 0 Å². The van der Waals surface area contributed by atoms with Gasteiger partial charge in [0.1, 0.15) is 10.5 Å². The molecular weight excluding hydrogens is 309 g/mol. The Balaban J connectivity index is 2.07. The van der Waals surface area contributed by atoms with Crippen LogP contribution in [0.15, 0.2) is 0 Å². The van der Waals surface area contributed by atoms with Gasteiger partial charge in [0.05, 0.1) is 13.2 Å². The number of esters is 1. The van der Waals surface area contributed by atoms with Gasteiger partial charge >= 0.3 is 5.97 Å². The Bertz CT molecular complexity index is 195. The molecule has 0 radical (unpaired) electrons. The number of hydrogen-bond acceptors (Lipinski definition) is 4. The first-order valence-corrected chi connectivity index (χ1v) is 6.59. The van der Waals surface area contributed by atoms with Crippen LogP contribution >= 0.6 is 22.6 Å². The fourth-order valence-corrected chi connectivity index (χ4v) is 1.54. The topological polar surface area (TPSA) is 38.8 Å². The van der Waals surface area contributed by atoms with Gasteiger partial charge < -0.3 is 9.47 Å². The predicted molar refractivity (Wildman–Crippen MR) is 66.3 cm³/mol. The molecule has 5 heteroatoms. The number of nitrogens with zero attached hydrogens (tertiary/aromatic N) is 1. The monoisotopic (exact) mass is 327 g/mol. The molecule has 1 atom stereocenters. The van der Waals surface area contributed by atoms with Crippen molar-refractivity contribution in [1.29, 1.82) is 0 Å². The number of morpholine rings is 1. The first-order valence-electron chi connectivity index (χ1n) is 5.35. The third kappa shape index (κ3) is 5.12. The number of carbonyl (C=O) groups is 1. The van der Waals surface area contributed by atoms with Crippen LogP contribution < -0.4 is 0 Å². The van der Waals surface area contributed by atoms with E-state index in [2.05, 4.69) is 27.5 Å². The van der Waals surface area contributed by atoms with Crippen molar-refractivity contribution in [3.63, 3.8) is 0 Å². The number of carbonyl (C=O) groups excluding carboxylic acids is 1. The van der Waals surface area contributed by atoms with E-state index in [4.69, 9.17) is 9.47 Å². The van der Waals surface area contributed by atoms with E-state index in [0.717, 1.165) is 39.3 Å². The lowest BCUT2D eigenvalue weighted by molar-refractivity contribution is -0.143. The van der Waals surface area contributed by atoms with E-state index in [1.165, 1.54) is 0 Å². The average molecular weight is 327 g/mol. The summed E-state index contributed by atoms with van der Waals surface area (Å²) >= 11 is 2.12. The van der Waals surface area contributed by atoms with E-state index in [1.807, 2.05) is 6.92 Å². The molecular formula is C10H18INO3. The van der Waals surface area contributed by atoms with Gasteiger partial charge in [0.15, 0.2) is 0 Å². The minimum absolute atomic E-state index is 0.00714. The molecule has 1 fully saturated rings. The molecule has 0 aromatic carbocycles. The SMILES string of the molecule is CCC(I)C(=O)OCCN1CCOCC1. The summed E-state index contributed by atoms with van der Waals surface area (Å²) in [5, 5.41) is 0. The highest BCUT2D eigenvalue weighted by molar-refractivity contribution is 14.1. The van der Waals surface area contributed by atoms with Gasteiger partial charge in [-0.15, -0.1) is 0 Å². The Morgan fingerprint density at radius 3 is 2.80 bits per heavy atom. The molecule has 1 aliphatic heterocycles. The average Bonchev–Trinajstić information content (AvgIpc) is 2.29. The maximum atomic E-state index is 11.3. The zero-order valence-electron chi connectivity index (χ0n) is 9.08. The highest BCUT2D eigenvalue weighted by Crippen LogP contribution is 2.07. The molecule has 4 nitrogen and oxygen atoms in total. The molecule has 1 unspecified atom stereocenters. The summed E-state index contributed by atoms with van der Waals surface area (Å²) in [6.07, 6.45) is 0.830. The summed E-state index contributed by atoms with van der Waals surface area (Å²) in [7, 11) is 0. The molecule has 1 aliphatic rings. The molecule has 0 spiro atoms. The van der Waals surface area contributed by atoms with Crippen molar-refractivity contribution >= 4 is 28.6 Å². The number of alkyl halides is 1. The van der Waals surface area contributed by atoms with Crippen LogP contribution in [0.5, 0.6) is 0 Å². The van der Waals surface area contributed by atoms with E-state index in [-0.39, 0.29) is 9.89 Å². The molecule has 0 saturated carbocycles. The van der Waals surface area contributed by atoms with Gasteiger partial charge in [-0.05, 0) is 6.42 Å². The molecule has 1 rings (SSSR count). The lowest BCUT2D eigenvalue weighted by Gasteiger charge is -2.26. The smallest absolute Gasteiger partial charge is 0.318 e. The van der Waals surface area contributed by atoms with Gasteiger partial charge in [-0.3, -0.25) is 9.69 Å². The van der Waals surface area contributed by atoms with Crippen molar-refractivity contribution in [2.24, 2.45) is 0 Å². The standard InChI is InChI=1S/C10H18INO3/c1-2-9(11)10(13)15-8-5-12-3-6-14-7-4-12/h9H,2-8H2,1H3. The van der Waals surface area contributed by atoms with Crippen LogP contribution in [-0.4, -0.2) is 54.2 Å². The van der Waals surface area contributed by atoms with Crippen LogP contribution in [0, 0.1) is 0 Å². The van der Waals surface area contributed by atoms with Crippen LogP contribution in [0.25, 0.3) is 0 Å². The fraction of sp³-hybridized carbons (Fsp3) is 0.900. The van der Waals surface area contributed by atoms with Crippen molar-refractivity contribution in [1.82, 2.24) is 4.90 Å². The maximum absolute atomic E-state index is 11.3. The molecule has 0 N–H and O–H groups in total. The highest BCUT2D eigenvalue weighted by Gasteiger charge is 2.15. The van der Waals surface area contributed by atoms with E-state index in [0.29, 0.717) is 6.61 Å². The van der Waals surface area contributed by atoms with E-state index < -0.39 is 0 Å². The minimum atomic E-state index is -0.0913. The first-order chi connectivity index (χ1) is 7.24. The number of rotatable bonds is 5. The molecule has 1 heterocycles. The quantitative estimate of drug-likeness (QED) is 0.430. The van der Waals surface area contributed by atoms with Crippen LogP contribution in [0.4, 0.5) is 0 Å². The van der Waals surface area contributed by atoms with Crippen molar-refractivity contribution < 1.29 is 14.3 Å². The second-order valence-electron chi connectivity index (χ2n) is 3.50. The van der Waals surface area contributed by atoms with Crippen molar-refractivity contribution in [3.05, 3.63) is 0 Å². The van der Waals surface area contributed by atoms with Crippen LogP contribution in [0.3, 0.4) is 0 Å². The zero-order valence-corrected chi connectivity index (χ0v) is 11.2. The second-order valence-corrected chi connectivity index (χ2v) is 5.00. The Kier molecular flexibility index (Phi) is 6.51. The summed E-state index contributed by atoms with van der Waals surface area (Å²) in [5.74, 6) is -0.0913. The summed E-state index contributed by atoms with van der Waals surface area (Å²) in [5.41, 5.74) is 0. The molecule has 15 heavy (non-hydrogen) atoms. The van der Waals surface area contributed by atoms with Crippen molar-refractivity contribution in [3.8, 4) is 0 Å². The third-order valence-corrected chi connectivity index (χ3v) is 3.76. The first kappa shape index (κ1) is 13.2. The van der Waals surface area contributed by atoms with Gasteiger partial charge in [0.2, 0.25) is 0 Å². The normalized spacial score (nSPS) is 19.9. The van der Waals surface area contributed by atoms with Gasteiger partial charge in [0, 0.05) is 19.6 Å². The number of ether oxygens (including phenoxy) is 2. The minimum Gasteiger partial charge on any atom is -0.464 e. The lowest BCUT2D eigenvalue weighted by atomic mass is 10.3. The fourth-order valence-electron chi connectivity index (χ4n) is 1.36. The largest absolute Gasteiger partial charge is 0.464 e. The van der Waals surface area contributed by atoms with Crippen LogP contribution in [0.2, 0.25) is 0 Å². The molecule has 0 aromatic heterocycles. The van der Waals surface area contributed by atoms with Crippen LogP contribution in [-0.2, 0) is 14.3 Å². The second kappa shape index (κ2) is 7.40. The van der Waals surface area contributed by atoms with Crippen LogP contribution in [0.1, 0.15) is 13.3 Å². The number of halogens is 1. The third-order valence-electron chi connectivity index (χ3n) is 2.37. The Morgan fingerprint density at radius 2 is 2.20 bits per heavy atom. The van der Waals surface area contributed by atoms with E-state index in [9.17, 15) is 4.79 Å². The van der Waals surface area contributed by atoms with E-state index >= 15 is 0 Å².